The smallest absolute Gasteiger partial charge is 0.243 e. The molecule has 7 heteroatoms. The minimum atomic E-state index is -0.0231. The van der Waals surface area contributed by atoms with Gasteiger partial charge in [-0.1, -0.05) is 30.7 Å². The van der Waals surface area contributed by atoms with E-state index in [9.17, 15) is 4.79 Å². The lowest BCUT2D eigenvalue weighted by molar-refractivity contribution is -0.127. The summed E-state index contributed by atoms with van der Waals surface area (Å²) in [6, 6.07) is 8.10. The van der Waals surface area contributed by atoms with Gasteiger partial charge in [0.05, 0.1) is 0 Å². The van der Waals surface area contributed by atoms with E-state index in [-0.39, 0.29) is 36.4 Å². The van der Waals surface area contributed by atoms with E-state index in [0.717, 1.165) is 30.0 Å². The van der Waals surface area contributed by atoms with Gasteiger partial charge in [0.2, 0.25) is 5.91 Å². The molecule has 24 heavy (non-hydrogen) atoms. The van der Waals surface area contributed by atoms with E-state index in [1.807, 2.05) is 24.3 Å². The summed E-state index contributed by atoms with van der Waals surface area (Å²) in [5.74, 6) is 0.640. The Labute approximate surface area is 167 Å². The summed E-state index contributed by atoms with van der Waals surface area (Å²) in [5.41, 5.74) is 1.16. The van der Waals surface area contributed by atoms with Crippen LogP contribution in [0, 0.1) is 0 Å². The first-order valence-corrected chi connectivity index (χ1v) is 8.29. The second-order valence-corrected chi connectivity index (χ2v) is 6.15. The summed E-state index contributed by atoms with van der Waals surface area (Å²) < 4.78 is 0. The Morgan fingerprint density at radius 2 is 2.08 bits per heavy atom. The third kappa shape index (κ3) is 9.32. The molecular formula is C17H28ClIN4O. The van der Waals surface area contributed by atoms with Gasteiger partial charge in [-0.15, -0.1) is 24.0 Å². The number of nitrogens with zero attached hydrogens (tertiary/aromatic N) is 2. The van der Waals surface area contributed by atoms with Gasteiger partial charge in [-0.2, -0.15) is 0 Å². The van der Waals surface area contributed by atoms with E-state index >= 15 is 0 Å². The fourth-order valence-electron chi connectivity index (χ4n) is 1.79. The minimum Gasteiger partial charge on any atom is -0.356 e. The molecule has 136 valence electrons. The van der Waals surface area contributed by atoms with Gasteiger partial charge in [-0.25, -0.2) is 4.99 Å². The van der Waals surface area contributed by atoms with Crippen LogP contribution in [-0.2, 0) is 11.2 Å². The Kier molecular flexibility index (Phi) is 11.8. The Bertz CT molecular complexity index is 537. The molecule has 1 aromatic carbocycles. The third-order valence-electron chi connectivity index (χ3n) is 3.46. The number of amides is 1. The van der Waals surface area contributed by atoms with Gasteiger partial charge in [0.15, 0.2) is 5.96 Å². The molecule has 0 aromatic heterocycles. The lowest BCUT2D eigenvalue weighted by Crippen LogP contribution is -2.43. The maximum Gasteiger partial charge on any atom is 0.243 e. The molecule has 1 aromatic rings. The van der Waals surface area contributed by atoms with Crippen molar-refractivity contribution in [2.24, 2.45) is 4.99 Å². The molecule has 1 amide bonds. The van der Waals surface area contributed by atoms with Crippen LogP contribution in [0.25, 0.3) is 0 Å². The van der Waals surface area contributed by atoms with Crippen LogP contribution < -0.4 is 10.6 Å². The SMILES string of the molecule is CCC(C)NC(=NCC(=O)N(C)C)NCCc1cccc(Cl)c1.I. The number of carbonyl (C=O) groups excluding carboxylic acids is 1. The topological polar surface area (TPSA) is 56.7 Å². The second kappa shape index (κ2) is 12.4. The van der Waals surface area contributed by atoms with Crippen molar-refractivity contribution in [1.82, 2.24) is 15.5 Å². The summed E-state index contributed by atoms with van der Waals surface area (Å²) in [5, 5.41) is 7.31. The Morgan fingerprint density at radius 1 is 1.38 bits per heavy atom. The molecule has 1 unspecified atom stereocenters. The largest absolute Gasteiger partial charge is 0.356 e. The molecule has 0 saturated heterocycles. The standard InChI is InChI=1S/C17H27ClN4O.HI/c1-5-13(2)21-17(20-12-16(23)22(3)4)19-10-9-14-7-6-8-15(18)11-14;/h6-8,11,13H,5,9-10,12H2,1-4H3,(H2,19,20,21);1H. The molecule has 0 heterocycles. The normalized spacial score (nSPS) is 12.1. The van der Waals surface area contributed by atoms with Crippen molar-refractivity contribution < 1.29 is 4.79 Å². The van der Waals surface area contributed by atoms with Crippen LogP contribution in [0.4, 0.5) is 0 Å². The molecule has 0 aliphatic heterocycles. The summed E-state index contributed by atoms with van der Waals surface area (Å²) in [6.07, 6.45) is 1.82. The molecule has 1 rings (SSSR count). The highest BCUT2D eigenvalue weighted by Crippen LogP contribution is 2.10. The van der Waals surface area contributed by atoms with Gasteiger partial charge in [0.25, 0.3) is 0 Å². The molecular weight excluding hydrogens is 439 g/mol. The van der Waals surface area contributed by atoms with Gasteiger partial charge in [0, 0.05) is 31.7 Å². The zero-order valence-electron chi connectivity index (χ0n) is 14.8. The number of carbonyl (C=O) groups is 1. The van der Waals surface area contributed by atoms with E-state index in [2.05, 4.69) is 29.5 Å². The van der Waals surface area contributed by atoms with Crippen molar-refractivity contribution in [3.63, 3.8) is 0 Å². The molecule has 0 saturated carbocycles. The lowest BCUT2D eigenvalue weighted by atomic mass is 10.1. The fraction of sp³-hybridized carbons (Fsp3) is 0.529. The van der Waals surface area contributed by atoms with E-state index < -0.39 is 0 Å². The number of hydrogen-bond donors (Lipinski definition) is 2. The molecule has 2 N–H and O–H groups in total. The Balaban J connectivity index is 0.00000529. The first kappa shape index (κ1) is 23.0. The van der Waals surface area contributed by atoms with Crippen LogP contribution >= 0.6 is 35.6 Å². The van der Waals surface area contributed by atoms with Gasteiger partial charge in [-0.3, -0.25) is 4.79 Å². The highest BCUT2D eigenvalue weighted by Gasteiger charge is 2.06. The maximum atomic E-state index is 11.7. The fourth-order valence-corrected chi connectivity index (χ4v) is 2.01. The summed E-state index contributed by atoms with van der Waals surface area (Å²) >= 11 is 5.99. The highest BCUT2D eigenvalue weighted by atomic mass is 127. The van der Waals surface area contributed by atoms with E-state index in [4.69, 9.17) is 11.6 Å². The average Bonchev–Trinajstić information content (AvgIpc) is 2.51. The number of likely N-dealkylation sites (N-methyl/N-ethyl adjacent to an activating group) is 1. The van der Waals surface area contributed by atoms with Gasteiger partial charge in [-0.05, 0) is 37.5 Å². The maximum absolute atomic E-state index is 11.7. The van der Waals surface area contributed by atoms with Crippen LogP contribution in [0.2, 0.25) is 5.02 Å². The van der Waals surface area contributed by atoms with Crippen LogP contribution in [0.5, 0.6) is 0 Å². The first-order chi connectivity index (χ1) is 10.9. The molecule has 0 aliphatic rings. The third-order valence-corrected chi connectivity index (χ3v) is 3.70. The van der Waals surface area contributed by atoms with Gasteiger partial charge < -0.3 is 15.5 Å². The molecule has 0 bridgehead atoms. The second-order valence-electron chi connectivity index (χ2n) is 5.71. The van der Waals surface area contributed by atoms with Crippen LogP contribution in [-0.4, -0.2) is 50.0 Å². The number of benzene rings is 1. The molecule has 0 fully saturated rings. The van der Waals surface area contributed by atoms with Crippen molar-refractivity contribution in [3.05, 3.63) is 34.9 Å². The number of rotatable bonds is 7. The molecule has 1 atom stereocenters. The van der Waals surface area contributed by atoms with Gasteiger partial charge in [0.1, 0.15) is 6.54 Å². The summed E-state index contributed by atoms with van der Waals surface area (Å²) in [7, 11) is 3.46. The zero-order chi connectivity index (χ0) is 17.2. The predicted molar refractivity (Wildman–Crippen MR) is 112 cm³/mol. The monoisotopic (exact) mass is 466 g/mol. The molecule has 5 nitrogen and oxygen atoms in total. The number of aliphatic imine (C=N–C) groups is 1. The van der Waals surface area contributed by atoms with E-state index in [1.165, 1.54) is 4.90 Å². The van der Waals surface area contributed by atoms with Crippen molar-refractivity contribution in [3.8, 4) is 0 Å². The van der Waals surface area contributed by atoms with E-state index in [0.29, 0.717) is 12.0 Å². The van der Waals surface area contributed by atoms with E-state index in [1.54, 1.807) is 14.1 Å². The lowest BCUT2D eigenvalue weighted by Gasteiger charge is -2.17. The van der Waals surface area contributed by atoms with Crippen molar-refractivity contribution in [2.75, 3.05) is 27.2 Å². The number of halogens is 2. The summed E-state index contributed by atoms with van der Waals surface area (Å²) in [6.45, 7) is 5.04. The van der Waals surface area contributed by atoms with Crippen molar-refractivity contribution in [1.29, 1.82) is 0 Å². The first-order valence-electron chi connectivity index (χ1n) is 7.91. The zero-order valence-corrected chi connectivity index (χ0v) is 17.9. The predicted octanol–water partition coefficient (Wildman–Crippen LogP) is 2.92. The summed E-state index contributed by atoms with van der Waals surface area (Å²) in [4.78, 5) is 17.6. The minimum absolute atomic E-state index is 0. The Morgan fingerprint density at radius 3 is 2.67 bits per heavy atom. The number of nitrogens with one attached hydrogen (secondary N) is 2. The average molecular weight is 467 g/mol. The van der Waals surface area contributed by atoms with Crippen LogP contribution in [0.3, 0.4) is 0 Å². The quantitative estimate of drug-likeness (QED) is 0.369. The van der Waals surface area contributed by atoms with Crippen molar-refractivity contribution >= 4 is 47.4 Å². The van der Waals surface area contributed by atoms with Crippen LogP contribution in [0.15, 0.2) is 29.3 Å². The number of hydrogen-bond acceptors (Lipinski definition) is 2. The van der Waals surface area contributed by atoms with Crippen LogP contribution in [0.1, 0.15) is 25.8 Å². The highest BCUT2D eigenvalue weighted by molar-refractivity contribution is 14.0. The van der Waals surface area contributed by atoms with Crippen molar-refractivity contribution in [2.45, 2.75) is 32.7 Å². The molecule has 0 aliphatic carbocycles. The number of guanidine groups is 1. The Hall–Kier alpha value is -1.02. The molecule has 0 radical (unpaired) electrons. The molecule has 0 spiro atoms. The van der Waals surface area contributed by atoms with Gasteiger partial charge >= 0.3 is 0 Å².